The molecule has 0 amide bonds. The van der Waals surface area contributed by atoms with Crippen LogP contribution >= 0.6 is 11.8 Å². The van der Waals surface area contributed by atoms with E-state index in [-0.39, 0.29) is 0 Å². The van der Waals surface area contributed by atoms with Crippen LogP contribution < -0.4 is 4.84 Å². The summed E-state index contributed by atoms with van der Waals surface area (Å²) in [6.45, 7) is 3.86. The van der Waals surface area contributed by atoms with Crippen molar-refractivity contribution in [3.8, 4) is 0 Å². The van der Waals surface area contributed by atoms with Crippen LogP contribution in [0.15, 0.2) is 0 Å². The van der Waals surface area contributed by atoms with Gasteiger partial charge in [0.05, 0.1) is 0 Å². The Labute approximate surface area is 53.8 Å². The number of hydrogen-bond acceptors (Lipinski definition) is 2. The number of nitrogens with one attached hydrogen (secondary N) is 1. The van der Waals surface area contributed by atoms with Gasteiger partial charge in [-0.2, -0.15) is 0 Å². The van der Waals surface area contributed by atoms with E-state index >= 15 is 0 Å². The Bertz CT molecular complexity index is 52.0. The summed E-state index contributed by atoms with van der Waals surface area (Å²) >= 11 is 4.94. The second-order valence-corrected chi connectivity index (χ2v) is 1.27. The Morgan fingerprint density at radius 2 is 2.00 bits per heavy atom. The predicted molar refractivity (Wildman–Crippen MR) is 32.8 cm³/mol. The van der Waals surface area contributed by atoms with E-state index < -0.39 is 5.97 Å². The smallest absolute Gasteiger partial charge is 0.300 e. The number of halogens is 1. The first kappa shape index (κ1) is 10.7. The van der Waals surface area contributed by atoms with Crippen LogP contribution in [-0.2, 0) is 4.79 Å². The summed E-state index contributed by atoms with van der Waals surface area (Å²) in [7, 11) is 0. The zero-order chi connectivity index (χ0) is 6.99. The largest absolute Gasteiger partial charge is 0.481 e. The average Bonchev–Trinajstić information content (AvgIpc) is 1.65. The summed E-state index contributed by atoms with van der Waals surface area (Å²) in [5.41, 5.74) is 0. The van der Waals surface area contributed by atoms with Crippen LogP contribution in [-0.4, -0.2) is 17.6 Å². The summed E-state index contributed by atoms with van der Waals surface area (Å²) < 4.78 is 0. The molecule has 0 aromatic carbocycles. The Kier molecular flexibility index (Phi) is 13.1. The molecule has 50 valence electrons. The van der Waals surface area contributed by atoms with Gasteiger partial charge in [-0.25, -0.2) is 4.84 Å². The van der Waals surface area contributed by atoms with Gasteiger partial charge in [0, 0.05) is 13.5 Å². The van der Waals surface area contributed by atoms with Gasteiger partial charge in [0.15, 0.2) is 0 Å². The predicted octanol–water partition coefficient (Wildman–Crippen LogP) is 0.841. The highest BCUT2D eigenvalue weighted by molar-refractivity contribution is 6.13. The maximum atomic E-state index is 9.00. The summed E-state index contributed by atoms with van der Waals surface area (Å²) in [4.78, 5) is 11.4. The molecule has 0 spiro atoms. The minimum absolute atomic E-state index is 0.833. The number of carbonyl (C=O) groups is 1. The van der Waals surface area contributed by atoms with Crippen LogP contribution in [0, 0.1) is 0 Å². The first-order valence-corrected chi connectivity index (χ1v) is 2.56. The van der Waals surface area contributed by atoms with Crippen molar-refractivity contribution in [3.63, 3.8) is 0 Å². The third kappa shape index (κ3) is 246. The van der Waals surface area contributed by atoms with Crippen LogP contribution in [0.3, 0.4) is 0 Å². The van der Waals surface area contributed by atoms with Crippen LogP contribution in [0.4, 0.5) is 0 Å². The molecule has 0 rings (SSSR count). The van der Waals surface area contributed by atoms with E-state index in [1.54, 1.807) is 0 Å². The highest BCUT2D eigenvalue weighted by Gasteiger charge is 1.65. The monoisotopic (exact) mass is 139 g/mol. The number of rotatable bonds is 1. The van der Waals surface area contributed by atoms with E-state index in [4.69, 9.17) is 21.7 Å². The Morgan fingerprint density at radius 1 is 1.88 bits per heavy atom. The molecular weight excluding hydrogens is 130 g/mol. The van der Waals surface area contributed by atoms with Crippen molar-refractivity contribution in [1.29, 1.82) is 0 Å². The van der Waals surface area contributed by atoms with Crippen molar-refractivity contribution < 1.29 is 9.90 Å². The molecule has 0 aliphatic rings. The van der Waals surface area contributed by atoms with Gasteiger partial charge in [-0.05, 0) is 11.8 Å². The molecule has 0 unspecified atom stereocenters. The Hall–Kier alpha value is -0.280. The zero-order valence-electron chi connectivity index (χ0n) is 4.94. The van der Waals surface area contributed by atoms with E-state index in [9.17, 15) is 0 Å². The van der Waals surface area contributed by atoms with Crippen LogP contribution in [0.5, 0.6) is 0 Å². The fourth-order valence-corrected chi connectivity index (χ4v) is 0. The standard InChI is InChI=1S/C2H6ClN.C2H4O2/c1-2-4-3;1-2(3)4/h4H,2H2,1H3;1H3,(H,3,4). The molecule has 0 aromatic rings. The molecule has 0 atom stereocenters. The molecule has 0 saturated carbocycles. The van der Waals surface area contributed by atoms with Gasteiger partial charge in [0.1, 0.15) is 0 Å². The fraction of sp³-hybridized carbons (Fsp3) is 0.750. The van der Waals surface area contributed by atoms with E-state index in [0.717, 1.165) is 13.5 Å². The van der Waals surface area contributed by atoms with Gasteiger partial charge in [-0.1, -0.05) is 6.92 Å². The fourth-order valence-electron chi connectivity index (χ4n) is 0. The van der Waals surface area contributed by atoms with Crippen molar-refractivity contribution in [2.45, 2.75) is 13.8 Å². The minimum Gasteiger partial charge on any atom is -0.481 e. The number of aliphatic carboxylic acids is 1. The number of carboxylic acids is 1. The summed E-state index contributed by atoms with van der Waals surface area (Å²) in [5.74, 6) is -0.833. The van der Waals surface area contributed by atoms with Gasteiger partial charge in [0.2, 0.25) is 0 Å². The number of hydrogen-bond donors (Lipinski definition) is 2. The summed E-state index contributed by atoms with van der Waals surface area (Å²) in [6.07, 6.45) is 0. The van der Waals surface area contributed by atoms with Gasteiger partial charge in [-0.3, -0.25) is 4.79 Å². The lowest BCUT2D eigenvalue weighted by Gasteiger charge is -1.72. The van der Waals surface area contributed by atoms with E-state index in [1.807, 2.05) is 6.92 Å². The second kappa shape index (κ2) is 9.87. The Balaban J connectivity index is 0. The van der Waals surface area contributed by atoms with Crippen LogP contribution in [0.1, 0.15) is 13.8 Å². The second-order valence-electron chi connectivity index (χ2n) is 1.01. The SMILES string of the molecule is CC(=O)O.CCNCl. The lowest BCUT2D eigenvalue weighted by molar-refractivity contribution is -0.134. The third-order valence-electron chi connectivity index (χ3n) is 0.134. The Morgan fingerprint density at radius 3 is 2.00 bits per heavy atom. The highest BCUT2D eigenvalue weighted by Crippen LogP contribution is 1.52. The molecule has 0 heterocycles. The molecule has 0 aliphatic carbocycles. The lowest BCUT2D eigenvalue weighted by atomic mass is 10.8. The van der Waals surface area contributed by atoms with Crippen LogP contribution in [0.2, 0.25) is 0 Å². The molecule has 0 bridgehead atoms. The van der Waals surface area contributed by atoms with Crippen molar-refractivity contribution in [1.82, 2.24) is 4.84 Å². The van der Waals surface area contributed by atoms with Crippen molar-refractivity contribution >= 4 is 17.7 Å². The normalized spacial score (nSPS) is 6.88. The topological polar surface area (TPSA) is 49.3 Å². The number of carboxylic acid groups (broad SMARTS) is 1. The zero-order valence-corrected chi connectivity index (χ0v) is 5.70. The van der Waals surface area contributed by atoms with Gasteiger partial charge in [0.25, 0.3) is 5.97 Å². The molecule has 0 saturated heterocycles. The quantitative estimate of drug-likeness (QED) is 0.530. The molecule has 0 aliphatic heterocycles. The minimum atomic E-state index is -0.833. The third-order valence-corrected chi connectivity index (χ3v) is 0.401. The van der Waals surface area contributed by atoms with Gasteiger partial charge >= 0.3 is 0 Å². The average molecular weight is 140 g/mol. The lowest BCUT2D eigenvalue weighted by Crippen LogP contribution is -1.91. The maximum Gasteiger partial charge on any atom is 0.300 e. The van der Waals surface area contributed by atoms with Crippen LogP contribution in [0.25, 0.3) is 0 Å². The van der Waals surface area contributed by atoms with Gasteiger partial charge in [-0.15, -0.1) is 0 Å². The van der Waals surface area contributed by atoms with Crippen molar-refractivity contribution in [2.24, 2.45) is 0 Å². The molecule has 4 heteroatoms. The molecule has 3 nitrogen and oxygen atoms in total. The molecule has 0 fully saturated rings. The molecule has 2 N–H and O–H groups in total. The maximum absolute atomic E-state index is 9.00. The molecule has 0 radical (unpaired) electrons. The van der Waals surface area contributed by atoms with E-state index in [0.29, 0.717) is 0 Å². The van der Waals surface area contributed by atoms with Gasteiger partial charge < -0.3 is 5.11 Å². The molecular formula is C4H10ClNO2. The van der Waals surface area contributed by atoms with Crippen molar-refractivity contribution in [2.75, 3.05) is 6.54 Å². The highest BCUT2D eigenvalue weighted by atomic mass is 35.5. The summed E-state index contributed by atoms with van der Waals surface area (Å²) in [5, 5.41) is 7.42. The first-order chi connectivity index (χ1) is 3.65. The summed E-state index contributed by atoms with van der Waals surface area (Å²) in [6, 6.07) is 0. The molecule has 8 heavy (non-hydrogen) atoms. The van der Waals surface area contributed by atoms with E-state index in [2.05, 4.69) is 4.84 Å². The van der Waals surface area contributed by atoms with Crippen molar-refractivity contribution in [3.05, 3.63) is 0 Å². The van der Waals surface area contributed by atoms with E-state index in [1.165, 1.54) is 0 Å². The molecule has 0 aromatic heterocycles. The first-order valence-electron chi connectivity index (χ1n) is 2.18.